The quantitative estimate of drug-likeness (QED) is 0.448. The Hall–Kier alpha value is -1.31. The smallest absolute Gasteiger partial charge is 0.339 e. The second-order valence-corrected chi connectivity index (χ2v) is 9.96. The first kappa shape index (κ1) is 14.7. The van der Waals surface area contributed by atoms with Crippen molar-refractivity contribution >= 4 is 25.6 Å². The van der Waals surface area contributed by atoms with Crippen LogP contribution in [0.15, 0.2) is 12.1 Å². The molecule has 0 N–H and O–H groups in total. The highest BCUT2D eigenvalue weighted by molar-refractivity contribution is 6.83. The molecule has 0 spiro atoms. The van der Waals surface area contributed by atoms with Gasteiger partial charge in [-0.15, -0.1) is 5.54 Å². The highest BCUT2D eigenvalue weighted by Gasteiger charge is 2.15. The zero-order chi connectivity index (χ0) is 13.9. The van der Waals surface area contributed by atoms with Crippen LogP contribution in [0.25, 0.3) is 0 Å². The van der Waals surface area contributed by atoms with Crippen molar-refractivity contribution in [3.63, 3.8) is 0 Å². The number of esters is 1. The fraction of sp³-hybridized carbons (Fsp3) is 0.308. The van der Waals surface area contributed by atoms with Gasteiger partial charge in [-0.25, -0.2) is 9.18 Å². The summed E-state index contributed by atoms with van der Waals surface area (Å²) >= 11 is 5.78. The van der Waals surface area contributed by atoms with E-state index in [0.717, 1.165) is 6.07 Å². The van der Waals surface area contributed by atoms with Crippen molar-refractivity contribution in [3.8, 4) is 11.5 Å². The lowest BCUT2D eigenvalue weighted by Crippen LogP contribution is -2.16. The third kappa shape index (κ3) is 3.86. The van der Waals surface area contributed by atoms with Crippen LogP contribution in [-0.4, -0.2) is 21.2 Å². The number of ether oxygens (including phenoxy) is 1. The van der Waals surface area contributed by atoms with Crippen LogP contribution in [0.2, 0.25) is 24.7 Å². The Morgan fingerprint density at radius 3 is 2.50 bits per heavy atom. The molecular formula is C13H14ClFO2Si. The van der Waals surface area contributed by atoms with Gasteiger partial charge in [-0.05, 0) is 12.1 Å². The van der Waals surface area contributed by atoms with Crippen LogP contribution in [0.4, 0.5) is 4.39 Å². The molecule has 0 radical (unpaired) electrons. The number of hydrogen-bond acceptors (Lipinski definition) is 2. The number of methoxy groups -OCH3 is 1. The van der Waals surface area contributed by atoms with Gasteiger partial charge in [-0.3, -0.25) is 0 Å². The van der Waals surface area contributed by atoms with Gasteiger partial charge < -0.3 is 4.74 Å². The van der Waals surface area contributed by atoms with E-state index >= 15 is 0 Å². The monoisotopic (exact) mass is 284 g/mol. The number of hydrogen-bond donors (Lipinski definition) is 0. The van der Waals surface area contributed by atoms with E-state index in [9.17, 15) is 9.18 Å². The predicted molar refractivity (Wildman–Crippen MR) is 73.0 cm³/mol. The Morgan fingerprint density at radius 2 is 2.00 bits per heavy atom. The Balaban J connectivity index is 3.28. The molecule has 2 nitrogen and oxygen atoms in total. The van der Waals surface area contributed by atoms with Crippen LogP contribution in [0.5, 0.6) is 0 Å². The topological polar surface area (TPSA) is 26.3 Å². The molecule has 96 valence electrons. The summed E-state index contributed by atoms with van der Waals surface area (Å²) in [5.74, 6) is 1.64. The molecule has 0 atom stereocenters. The zero-order valence-corrected chi connectivity index (χ0v) is 12.5. The van der Waals surface area contributed by atoms with Gasteiger partial charge in [0, 0.05) is 0 Å². The van der Waals surface area contributed by atoms with Crippen LogP contribution in [0, 0.1) is 17.3 Å². The lowest BCUT2D eigenvalue weighted by Gasteiger charge is -2.06. The molecule has 0 bridgehead atoms. The molecular weight excluding hydrogens is 271 g/mol. The molecule has 0 heterocycles. The molecule has 0 aliphatic rings. The molecule has 0 amide bonds. The van der Waals surface area contributed by atoms with Gasteiger partial charge in [0.05, 0.1) is 23.3 Å². The van der Waals surface area contributed by atoms with Gasteiger partial charge in [-0.2, -0.15) is 0 Å². The van der Waals surface area contributed by atoms with Crippen molar-refractivity contribution in [2.24, 2.45) is 0 Å². The summed E-state index contributed by atoms with van der Waals surface area (Å²) < 4.78 is 18.2. The van der Waals surface area contributed by atoms with Gasteiger partial charge in [0.15, 0.2) is 0 Å². The summed E-state index contributed by atoms with van der Waals surface area (Å²) in [6.45, 7) is 6.15. The van der Waals surface area contributed by atoms with Crippen molar-refractivity contribution < 1.29 is 13.9 Å². The minimum Gasteiger partial charge on any atom is -0.465 e. The summed E-state index contributed by atoms with van der Waals surface area (Å²) in [4.78, 5) is 11.4. The van der Waals surface area contributed by atoms with Gasteiger partial charge in [0.25, 0.3) is 0 Å². The molecule has 0 saturated carbocycles. The van der Waals surface area contributed by atoms with Gasteiger partial charge in [0.2, 0.25) is 0 Å². The fourth-order valence-corrected chi connectivity index (χ4v) is 1.90. The van der Waals surface area contributed by atoms with Gasteiger partial charge >= 0.3 is 5.97 Å². The second kappa shape index (κ2) is 5.55. The number of carbonyl (C=O) groups excluding carboxylic acids is 1. The van der Waals surface area contributed by atoms with Crippen LogP contribution in [0.1, 0.15) is 15.9 Å². The molecule has 1 rings (SSSR count). The van der Waals surface area contributed by atoms with E-state index < -0.39 is 19.9 Å². The number of halogens is 2. The van der Waals surface area contributed by atoms with Crippen molar-refractivity contribution in [2.75, 3.05) is 7.11 Å². The molecule has 1 aromatic rings. The second-order valence-electron chi connectivity index (χ2n) is 4.80. The first-order valence-electron chi connectivity index (χ1n) is 5.35. The first-order chi connectivity index (χ1) is 8.24. The maximum absolute atomic E-state index is 13.6. The summed E-state index contributed by atoms with van der Waals surface area (Å²) in [6, 6.07) is 2.42. The lowest BCUT2D eigenvalue weighted by molar-refractivity contribution is 0.0601. The van der Waals surface area contributed by atoms with E-state index in [4.69, 9.17) is 11.6 Å². The van der Waals surface area contributed by atoms with Crippen LogP contribution >= 0.6 is 11.6 Å². The van der Waals surface area contributed by atoms with E-state index in [1.165, 1.54) is 13.2 Å². The summed E-state index contributed by atoms with van der Waals surface area (Å²) in [7, 11) is -0.361. The van der Waals surface area contributed by atoms with Crippen molar-refractivity contribution in [3.05, 3.63) is 34.1 Å². The van der Waals surface area contributed by atoms with Gasteiger partial charge in [-0.1, -0.05) is 37.2 Å². The third-order valence-electron chi connectivity index (χ3n) is 2.03. The SMILES string of the molecule is COC(=O)c1cc(C#C[Si](C)(C)C)c(F)cc1Cl. The Kier molecular flexibility index (Phi) is 4.55. The molecule has 18 heavy (non-hydrogen) atoms. The molecule has 0 saturated heterocycles. The highest BCUT2D eigenvalue weighted by atomic mass is 35.5. The molecule has 1 aromatic carbocycles. The normalized spacial score (nSPS) is 10.6. The molecule has 0 aliphatic heterocycles. The van der Waals surface area contributed by atoms with Crippen LogP contribution in [-0.2, 0) is 4.74 Å². The van der Waals surface area contributed by atoms with Crippen LogP contribution in [0.3, 0.4) is 0 Å². The van der Waals surface area contributed by atoms with Crippen LogP contribution < -0.4 is 0 Å². The summed E-state index contributed by atoms with van der Waals surface area (Å²) in [5, 5.41) is 0.0258. The molecule has 0 fully saturated rings. The average Bonchev–Trinajstić information content (AvgIpc) is 2.25. The standard InChI is InChI=1S/C13H14ClFO2Si/c1-17-13(16)10-7-9(5-6-18(2,3)4)12(15)8-11(10)14/h7-8H,1-4H3. The summed E-state index contributed by atoms with van der Waals surface area (Å²) in [5.41, 5.74) is 3.33. The first-order valence-corrected chi connectivity index (χ1v) is 9.23. The summed E-state index contributed by atoms with van der Waals surface area (Å²) in [6.07, 6.45) is 0. The Morgan fingerprint density at radius 1 is 1.39 bits per heavy atom. The molecule has 0 unspecified atom stereocenters. The molecule has 0 aromatic heterocycles. The Labute approximate surface area is 112 Å². The largest absolute Gasteiger partial charge is 0.465 e. The maximum Gasteiger partial charge on any atom is 0.339 e. The van der Waals surface area contributed by atoms with E-state index in [-0.39, 0.29) is 16.1 Å². The van der Waals surface area contributed by atoms with Crippen molar-refractivity contribution in [1.82, 2.24) is 0 Å². The van der Waals surface area contributed by atoms with Crippen molar-refractivity contribution in [1.29, 1.82) is 0 Å². The fourth-order valence-electron chi connectivity index (χ4n) is 1.17. The van der Waals surface area contributed by atoms with Gasteiger partial charge in [0.1, 0.15) is 13.9 Å². The third-order valence-corrected chi connectivity index (χ3v) is 3.22. The molecule has 0 aliphatic carbocycles. The number of benzene rings is 1. The van der Waals surface area contributed by atoms with Crippen molar-refractivity contribution in [2.45, 2.75) is 19.6 Å². The van der Waals surface area contributed by atoms with E-state index in [2.05, 4.69) is 35.8 Å². The average molecular weight is 285 g/mol. The van der Waals surface area contributed by atoms with E-state index in [1.54, 1.807) is 0 Å². The van der Waals surface area contributed by atoms with E-state index in [0.29, 0.717) is 0 Å². The predicted octanol–water partition coefficient (Wildman–Crippen LogP) is 3.49. The number of carbonyl (C=O) groups is 1. The minimum absolute atomic E-state index is 0.0258. The zero-order valence-electron chi connectivity index (χ0n) is 10.7. The molecule has 5 heteroatoms. The Bertz CT molecular complexity index is 538. The highest BCUT2D eigenvalue weighted by Crippen LogP contribution is 2.21. The van der Waals surface area contributed by atoms with E-state index in [1.807, 2.05) is 0 Å². The number of rotatable bonds is 1. The minimum atomic E-state index is -1.61. The lowest BCUT2D eigenvalue weighted by atomic mass is 10.1. The maximum atomic E-state index is 13.6.